The molecule has 2 aromatic heterocycles. The van der Waals surface area contributed by atoms with Gasteiger partial charge in [0.2, 0.25) is 11.6 Å². The molecule has 1 aliphatic heterocycles. The Hall–Kier alpha value is -5.43. The van der Waals surface area contributed by atoms with Crippen molar-refractivity contribution in [3.63, 3.8) is 0 Å². The molecule has 232 valence electrons. The fraction of sp³-hybridized carbons (Fsp3) is 0.226. The normalized spacial score (nSPS) is 14.0. The maximum Gasteiger partial charge on any atom is 0.434 e. The van der Waals surface area contributed by atoms with Crippen molar-refractivity contribution < 1.29 is 37.9 Å². The van der Waals surface area contributed by atoms with Crippen LogP contribution in [-0.2, 0) is 4.74 Å². The second kappa shape index (κ2) is 11.6. The molecule has 0 saturated heterocycles. The van der Waals surface area contributed by atoms with Crippen LogP contribution in [0.5, 0.6) is 17.2 Å². The van der Waals surface area contributed by atoms with E-state index in [4.69, 9.17) is 35.0 Å². The summed E-state index contributed by atoms with van der Waals surface area (Å²) in [5.41, 5.74) is 2.07. The summed E-state index contributed by atoms with van der Waals surface area (Å²) in [5.74, 6) is 0.363. The number of anilines is 3. The number of halogens is 1. The average Bonchev–Trinajstić information content (AvgIpc) is 3.81. The van der Waals surface area contributed by atoms with E-state index in [1.54, 1.807) is 41.4 Å². The molecule has 0 radical (unpaired) electrons. The lowest BCUT2D eigenvalue weighted by atomic mass is 9.94. The van der Waals surface area contributed by atoms with Crippen LogP contribution in [0.4, 0.5) is 32.7 Å². The molecule has 5 aromatic rings. The van der Waals surface area contributed by atoms with E-state index in [9.17, 15) is 19.7 Å². The third-order valence-electron chi connectivity index (χ3n) is 7.82. The number of alkyl halides is 1. The molecule has 2 amide bonds. The Balaban J connectivity index is 1.57. The van der Waals surface area contributed by atoms with Crippen LogP contribution < -0.4 is 24.0 Å². The number of rotatable bonds is 7. The van der Waals surface area contributed by atoms with E-state index in [1.165, 1.54) is 39.1 Å². The highest BCUT2D eigenvalue weighted by atomic mass is 35.5. The van der Waals surface area contributed by atoms with Crippen molar-refractivity contribution in [1.29, 1.82) is 0 Å². The van der Waals surface area contributed by atoms with Gasteiger partial charge in [-0.2, -0.15) is 0 Å². The molecule has 45 heavy (non-hydrogen) atoms. The van der Waals surface area contributed by atoms with Crippen LogP contribution in [0.25, 0.3) is 21.7 Å². The average molecular weight is 635 g/mol. The van der Waals surface area contributed by atoms with E-state index in [1.807, 2.05) is 12.1 Å². The van der Waals surface area contributed by atoms with Crippen molar-refractivity contribution >= 4 is 68.5 Å². The summed E-state index contributed by atoms with van der Waals surface area (Å²) in [6.07, 6.45) is 0.781. The predicted molar refractivity (Wildman–Crippen MR) is 167 cm³/mol. The van der Waals surface area contributed by atoms with Gasteiger partial charge in [-0.3, -0.25) is 19.6 Å². The number of hydrogen-bond donors (Lipinski definition) is 0. The summed E-state index contributed by atoms with van der Waals surface area (Å²) in [6, 6.07) is 14.5. The molecule has 0 bridgehead atoms. The molecule has 1 aliphatic rings. The smallest absolute Gasteiger partial charge is 0.434 e. The van der Waals surface area contributed by atoms with Gasteiger partial charge < -0.3 is 23.4 Å². The maximum absolute atomic E-state index is 14.4. The molecule has 0 N–H and O–H groups in total. The predicted octanol–water partition coefficient (Wildman–Crippen LogP) is 7.04. The zero-order valence-electron chi connectivity index (χ0n) is 24.6. The number of hydrogen-bond acceptors (Lipinski definition) is 9. The largest absolute Gasteiger partial charge is 0.493 e. The quantitative estimate of drug-likeness (QED) is 0.105. The topological polar surface area (TPSA) is 139 Å². The van der Waals surface area contributed by atoms with E-state index in [0.717, 1.165) is 21.9 Å². The highest BCUT2D eigenvalue weighted by Gasteiger charge is 2.38. The first-order valence-corrected chi connectivity index (χ1v) is 14.2. The fourth-order valence-corrected chi connectivity index (χ4v) is 6.16. The van der Waals surface area contributed by atoms with Crippen molar-refractivity contribution in [1.82, 2.24) is 4.57 Å². The lowest BCUT2D eigenvalue weighted by Crippen LogP contribution is -2.34. The summed E-state index contributed by atoms with van der Waals surface area (Å²) in [6.45, 7) is 0.241. The molecule has 3 aromatic carbocycles. The Morgan fingerprint density at radius 2 is 1.76 bits per heavy atom. The van der Waals surface area contributed by atoms with Crippen molar-refractivity contribution in [3.8, 4) is 17.2 Å². The summed E-state index contributed by atoms with van der Waals surface area (Å²) in [7, 11) is 5.66. The van der Waals surface area contributed by atoms with Gasteiger partial charge in [0.25, 0.3) is 0 Å². The van der Waals surface area contributed by atoms with Crippen LogP contribution in [0, 0.1) is 10.1 Å². The number of benzene rings is 3. The Kier molecular flexibility index (Phi) is 7.62. The van der Waals surface area contributed by atoms with E-state index < -0.39 is 22.9 Å². The second-order valence-electron chi connectivity index (χ2n) is 10.1. The van der Waals surface area contributed by atoms with Crippen LogP contribution in [0.15, 0.2) is 65.2 Å². The highest BCUT2D eigenvalue weighted by molar-refractivity contribution is 6.19. The summed E-state index contributed by atoms with van der Waals surface area (Å²) >= 11 is 6.49. The monoisotopic (exact) mass is 634 g/mol. The van der Waals surface area contributed by atoms with Crippen molar-refractivity contribution in [2.75, 3.05) is 50.7 Å². The highest BCUT2D eigenvalue weighted by Crippen LogP contribution is 2.49. The minimum atomic E-state index is -0.851. The van der Waals surface area contributed by atoms with Gasteiger partial charge >= 0.3 is 18.0 Å². The van der Waals surface area contributed by atoms with Crippen LogP contribution in [0.1, 0.15) is 11.5 Å². The number of methoxy groups -OCH3 is 4. The van der Waals surface area contributed by atoms with Crippen molar-refractivity contribution in [3.05, 3.63) is 76.5 Å². The number of nitro groups is 1. The number of nitrogens with zero attached hydrogens (tertiary/aromatic N) is 4. The number of fused-ring (bicyclic) bond motifs is 4. The van der Waals surface area contributed by atoms with Crippen LogP contribution in [0.3, 0.4) is 0 Å². The molecule has 0 saturated carbocycles. The molecular formula is C31H27ClN4O9. The molecule has 0 fully saturated rings. The number of aromatic nitrogens is 1. The molecule has 1 atom stereocenters. The molecular weight excluding hydrogens is 608 g/mol. The third-order valence-corrected chi connectivity index (χ3v) is 8.19. The lowest BCUT2D eigenvalue weighted by molar-refractivity contribution is -0.401. The van der Waals surface area contributed by atoms with Crippen LogP contribution in [0.2, 0.25) is 0 Å². The molecule has 0 spiro atoms. The molecule has 6 rings (SSSR count). The number of carbonyl (C=O) groups is 2. The first-order valence-electron chi connectivity index (χ1n) is 13.6. The first-order chi connectivity index (χ1) is 21.8. The zero-order chi connectivity index (χ0) is 32.0. The van der Waals surface area contributed by atoms with Gasteiger partial charge in [0.05, 0.1) is 45.9 Å². The van der Waals surface area contributed by atoms with Gasteiger partial charge in [0.1, 0.15) is 10.4 Å². The number of furan rings is 1. The van der Waals surface area contributed by atoms with Crippen molar-refractivity contribution in [2.45, 2.75) is 5.92 Å². The summed E-state index contributed by atoms with van der Waals surface area (Å²) in [4.78, 5) is 41.0. The standard InChI is InChI=1S/C31H27ClN4O9/c1-41-23-13-17-11-12-33(27(17)29(43-3)28(23)42-2)30(37)34-16-18(15-32)26-20-8-6-5-7-19(20)21(14-22(26)34)35(31(38)44-4)24-9-10-25(45-24)36(39)40/h5-14,18H,15-16H2,1-4H3. The van der Waals surface area contributed by atoms with Gasteiger partial charge in [0, 0.05) is 41.4 Å². The van der Waals surface area contributed by atoms with Gasteiger partial charge in [-0.05, 0) is 29.1 Å². The zero-order valence-corrected chi connectivity index (χ0v) is 25.4. The number of amides is 2. The minimum absolute atomic E-state index is 0.134. The SMILES string of the molecule is COC(=O)N(c1ccc([N+](=O)[O-])o1)c1cc2c(c3ccccc13)C(CCl)CN2C(=O)n1ccc2cc(OC)c(OC)c(OC)c21. The molecule has 3 heterocycles. The number of carbonyl (C=O) groups excluding carboxylic acids is 2. The Labute approximate surface area is 261 Å². The first kappa shape index (κ1) is 29.6. The molecule has 13 nitrogen and oxygen atoms in total. The Morgan fingerprint density at radius 1 is 1.02 bits per heavy atom. The van der Waals surface area contributed by atoms with E-state index in [-0.39, 0.29) is 29.9 Å². The molecule has 1 unspecified atom stereocenters. The fourth-order valence-electron chi connectivity index (χ4n) is 5.91. The molecule has 14 heteroatoms. The van der Waals surface area contributed by atoms with Crippen LogP contribution >= 0.6 is 11.6 Å². The molecule has 0 aliphatic carbocycles. The Bertz CT molecular complexity index is 1990. The van der Waals surface area contributed by atoms with Gasteiger partial charge in [0.15, 0.2) is 11.5 Å². The van der Waals surface area contributed by atoms with Gasteiger partial charge in [-0.25, -0.2) is 14.5 Å². The van der Waals surface area contributed by atoms with E-state index in [0.29, 0.717) is 39.2 Å². The van der Waals surface area contributed by atoms with Crippen LogP contribution in [-0.4, -0.2) is 62.5 Å². The number of ether oxygens (including phenoxy) is 4. The summed E-state index contributed by atoms with van der Waals surface area (Å²) < 4.78 is 28.7. The van der Waals surface area contributed by atoms with E-state index in [2.05, 4.69) is 0 Å². The maximum atomic E-state index is 14.4. The van der Waals surface area contributed by atoms with E-state index >= 15 is 0 Å². The Morgan fingerprint density at radius 3 is 2.38 bits per heavy atom. The summed E-state index contributed by atoms with van der Waals surface area (Å²) in [5, 5.41) is 13.4. The second-order valence-corrected chi connectivity index (χ2v) is 10.4. The third kappa shape index (κ3) is 4.63. The van der Waals surface area contributed by atoms with Gasteiger partial charge in [-0.15, -0.1) is 11.6 Å². The lowest BCUT2D eigenvalue weighted by Gasteiger charge is -2.24. The van der Waals surface area contributed by atoms with Crippen molar-refractivity contribution in [2.24, 2.45) is 0 Å². The minimum Gasteiger partial charge on any atom is -0.493 e. The van der Waals surface area contributed by atoms with Gasteiger partial charge in [-0.1, -0.05) is 24.3 Å².